The first-order valence-electron chi connectivity index (χ1n) is 6.36. The third-order valence-electron chi connectivity index (χ3n) is 2.92. The molecule has 0 aromatic carbocycles. The first-order valence-corrected chi connectivity index (χ1v) is 6.36. The molecule has 0 radical (unpaired) electrons. The minimum absolute atomic E-state index is 0.204. The Morgan fingerprint density at radius 1 is 1.50 bits per heavy atom. The number of hydrogen-bond acceptors (Lipinski definition) is 3. The molecule has 0 spiro atoms. The van der Waals surface area contributed by atoms with Crippen molar-refractivity contribution in [1.82, 2.24) is 4.90 Å². The van der Waals surface area contributed by atoms with Gasteiger partial charge in [0.05, 0.1) is 0 Å². The molecule has 0 aliphatic carbocycles. The number of hydrogen-bond donors (Lipinski definition) is 1. The summed E-state index contributed by atoms with van der Waals surface area (Å²) in [6, 6.07) is 0. The largest absolute Gasteiger partial charge is 0.379 e. The SMILES string of the molecule is CC/C=C/CCCCC1N=CCN1C(C)O. The van der Waals surface area contributed by atoms with Crippen LogP contribution in [-0.2, 0) is 0 Å². The van der Waals surface area contributed by atoms with Crippen molar-refractivity contribution < 1.29 is 5.11 Å². The van der Waals surface area contributed by atoms with E-state index in [1.807, 2.05) is 18.0 Å². The summed E-state index contributed by atoms with van der Waals surface area (Å²) in [7, 11) is 0. The summed E-state index contributed by atoms with van der Waals surface area (Å²) in [5.41, 5.74) is 0. The van der Waals surface area contributed by atoms with E-state index in [9.17, 15) is 5.11 Å². The van der Waals surface area contributed by atoms with E-state index in [1.54, 1.807) is 0 Å². The Kier molecular flexibility index (Phi) is 6.34. The van der Waals surface area contributed by atoms with Crippen molar-refractivity contribution in [2.45, 2.75) is 58.3 Å². The van der Waals surface area contributed by atoms with Crippen LogP contribution in [0.5, 0.6) is 0 Å². The Bertz CT molecular complexity index is 236. The van der Waals surface area contributed by atoms with E-state index in [-0.39, 0.29) is 12.4 Å². The average Bonchev–Trinajstić information content (AvgIpc) is 2.71. The van der Waals surface area contributed by atoms with Gasteiger partial charge in [-0.15, -0.1) is 0 Å². The molecule has 3 nitrogen and oxygen atoms in total. The van der Waals surface area contributed by atoms with Crippen molar-refractivity contribution in [2.24, 2.45) is 4.99 Å². The predicted molar refractivity (Wildman–Crippen MR) is 68.6 cm³/mol. The van der Waals surface area contributed by atoms with Crippen LogP contribution in [0.25, 0.3) is 0 Å². The Balaban J connectivity index is 2.12. The topological polar surface area (TPSA) is 35.8 Å². The summed E-state index contributed by atoms with van der Waals surface area (Å²) in [4.78, 5) is 6.42. The standard InChI is InChI=1S/C13H24N2O/c1-3-4-5-6-7-8-9-13-14-10-11-15(13)12(2)16/h4-5,10,12-13,16H,3,6-9,11H2,1-2H3/b5-4+. The third kappa shape index (κ3) is 4.45. The second kappa shape index (κ2) is 7.58. The van der Waals surface area contributed by atoms with E-state index in [4.69, 9.17) is 0 Å². The molecule has 1 aliphatic rings. The van der Waals surface area contributed by atoms with Crippen molar-refractivity contribution in [3.63, 3.8) is 0 Å². The lowest BCUT2D eigenvalue weighted by Gasteiger charge is -2.25. The minimum Gasteiger partial charge on any atom is -0.379 e. The molecule has 1 aliphatic heterocycles. The maximum absolute atomic E-state index is 9.53. The second-order valence-electron chi connectivity index (χ2n) is 4.31. The highest BCUT2D eigenvalue weighted by molar-refractivity contribution is 5.62. The highest BCUT2D eigenvalue weighted by Gasteiger charge is 2.23. The molecular weight excluding hydrogens is 200 g/mol. The normalized spacial score (nSPS) is 23.3. The van der Waals surface area contributed by atoms with Gasteiger partial charge in [0.1, 0.15) is 12.4 Å². The monoisotopic (exact) mass is 224 g/mol. The Labute approximate surface area is 98.9 Å². The van der Waals surface area contributed by atoms with Crippen LogP contribution in [0.4, 0.5) is 0 Å². The molecule has 0 bridgehead atoms. The van der Waals surface area contributed by atoms with Crippen LogP contribution in [0.1, 0.15) is 46.0 Å². The molecule has 0 saturated heterocycles. The van der Waals surface area contributed by atoms with Crippen molar-refractivity contribution in [2.75, 3.05) is 6.54 Å². The molecule has 1 rings (SSSR count). The van der Waals surface area contributed by atoms with Crippen molar-refractivity contribution in [1.29, 1.82) is 0 Å². The average molecular weight is 224 g/mol. The molecule has 2 atom stereocenters. The summed E-state index contributed by atoms with van der Waals surface area (Å²) in [5, 5.41) is 9.53. The van der Waals surface area contributed by atoms with Gasteiger partial charge in [0, 0.05) is 12.8 Å². The number of rotatable bonds is 7. The van der Waals surface area contributed by atoms with Crippen LogP contribution in [0, 0.1) is 0 Å². The van der Waals surface area contributed by atoms with Gasteiger partial charge >= 0.3 is 0 Å². The maximum atomic E-state index is 9.53. The van der Waals surface area contributed by atoms with Crippen LogP contribution < -0.4 is 0 Å². The zero-order valence-corrected chi connectivity index (χ0v) is 10.5. The van der Waals surface area contributed by atoms with E-state index >= 15 is 0 Å². The fraction of sp³-hybridized carbons (Fsp3) is 0.769. The zero-order valence-electron chi connectivity index (χ0n) is 10.5. The van der Waals surface area contributed by atoms with Gasteiger partial charge in [-0.1, -0.05) is 19.1 Å². The molecule has 3 heteroatoms. The zero-order chi connectivity index (χ0) is 11.8. The lowest BCUT2D eigenvalue weighted by molar-refractivity contribution is 0.00715. The molecule has 0 aromatic rings. The summed E-state index contributed by atoms with van der Waals surface area (Å²) >= 11 is 0. The van der Waals surface area contributed by atoms with Crippen molar-refractivity contribution in [3.8, 4) is 0 Å². The fourth-order valence-corrected chi connectivity index (χ4v) is 1.99. The lowest BCUT2D eigenvalue weighted by atomic mass is 10.1. The maximum Gasteiger partial charge on any atom is 0.106 e. The van der Waals surface area contributed by atoms with Gasteiger partial charge in [-0.2, -0.15) is 0 Å². The molecule has 1 heterocycles. The Hall–Kier alpha value is -0.670. The van der Waals surface area contributed by atoms with Crippen molar-refractivity contribution >= 4 is 6.21 Å². The predicted octanol–water partition coefficient (Wildman–Crippen LogP) is 2.56. The number of aliphatic hydroxyl groups excluding tert-OH is 1. The number of nitrogens with zero attached hydrogens (tertiary/aromatic N) is 2. The molecule has 0 amide bonds. The number of allylic oxidation sites excluding steroid dienone is 2. The second-order valence-corrected chi connectivity index (χ2v) is 4.31. The van der Waals surface area contributed by atoms with E-state index in [2.05, 4.69) is 24.1 Å². The number of aliphatic hydroxyl groups is 1. The fourth-order valence-electron chi connectivity index (χ4n) is 1.99. The highest BCUT2D eigenvalue weighted by atomic mass is 16.3. The van der Waals surface area contributed by atoms with Crippen LogP contribution >= 0.6 is 0 Å². The van der Waals surface area contributed by atoms with Gasteiger partial charge in [-0.3, -0.25) is 9.89 Å². The molecule has 1 N–H and O–H groups in total. The van der Waals surface area contributed by atoms with Gasteiger partial charge in [0.2, 0.25) is 0 Å². The lowest BCUT2D eigenvalue weighted by Crippen LogP contribution is -2.37. The number of unbranched alkanes of at least 4 members (excludes halogenated alkanes) is 2. The minimum atomic E-state index is -0.382. The van der Waals surface area contributed by atoms with Crippen LogP contribution in [0.3, 0.4) is 0 Å². The van der Waals surface area contributed by atoms with E-state index in [0.717, 1.165) is 19.4 Å². The smallest absolute Gasteiger partial charge is 0.106 e. The van der Waals surface area contributed by atoms with Crippen LogP contribution in [0.15, 0.2) is 17.1 Å². The molecule has 16 heavy (non-hydrogen) atoms. The third-order valence-corrected chi connectivity index (χ3v) is 2.92. The van der Waals surface area contributed by atoms with E-state index < -0.39 is 0 Å². The van der Waals surface area contributed by atoms with Gasteiger partial charge < -0.3 is 5.11 Å². The summed E-state index contributed by atoms with van der Waals surface area (Å²) < 4.78 is 0. The molecular formula is C13H24N2O. The summed E-state index contributed by atoms with van der Waals surface area (Å²) in [6.07, 6.45) is 12.0. The van der Waals surface area contributed by atoms with Gasteiger partial charge in [0.25, 0.3) is 0 Å². The number of aliphatic imine (C=N–C) groups is 1. The van der Waals surface area contributed by atoms with E-state index in [0.29, 0.717) is 0 Å². The van der Waals surface area contributed by atoms with Gasteiger partial charge in [-0.25, -0.2) is 0 Å². The van der Waals surface area contributed by atoms with E-state index in [1.165, 1.54) is 19.3 Å². The van der Waals surface area contributed by atoms with Crippen molar-refractivity contribution in [3.05, 3.63) is 12.2 Å². The summed E-state index contributed by atoms with van der Waals surface area (Å²) in [5.74, 6) is 0. The van der Waals surface area contributed by atoms with Crippen LogP contribution in [-0.4, -0.2) is 35.2 Å². The Morgan fingerprint density at radius 2 is 2.31 bits per heavy atom. The quantitative estimate of drug-likeness (QED) is 0.533. The highest BCUT2D eigenvalue weighted by Crippen LogP contribution is 2.16. The first kappa shape index (κ1) is 13.4. The molecule has 0 fully saturated rings. The summed E-state index contributed by atoms with van der Waals surface area (Å²) in [6.45, 7) is 4.76. The molecule has 92 valence electrons. The first-order chi connectivity index (χ1) is 7.75. The Morgan fingerprint density at radius 3 is 3.00 bits per heavy atom. The molecule has 0 saturated carbocycles. The van der Waals surface area contributed by atoms with Gasteiger partial charge in [0.15, 0.2) is 0 Å². The van der Waals surface area contributed by atoms with Crippen LogP contribution in [0.2, 0.25) is 0 Å². The van der Waals surface area contributed by atoms with Gasteiger partial charge in [-0.05, 0) is 39.0 Å². The molecule has 0 aromatic heterocycles. The molecule has 2 unspecified atom stereocenters.